The predicted octanol–water partition coefficient (Wildman–Crippen LogP) is 3.36. The first kappa shape index (κ1) is 12.6. The third-order valence-electron chi connectivity index (χ3n) is 2.65. The highest BCUT2D eigenvalue weighted by molar-refractivity contribution is 7.14. The molecule has 0 aliphatic heterocycles. The SMILES string of the molecule is Cc1ccnc(Nc2nc(-c3cccc(O)n3)cs2)c1. The number of hydrogen-bond acceptors (Lipinski definition) is 6. The summed E-state index contributed by atoms with van der Waals surface area (Å²) in [6.07, 6.45) is 1.75. The van der Waals surface area contributed by atoms with E-state index < -0.39 is 0 Å². The molecule has 0 aromatic carbocycles. The number of aromatic nitrogens is 3. The highest BCUT2D eigenvalue weighted by atomic mass is 32.1. The molecule has 0 aliphatic carbocycles. The van der Waals surface area contributed by atoms with Crippen molar-refractivity contribution in [3.63, 3.8) is 0 Å². The maximum atomic E-state index is 9.39. The van der Waals surface area contributed by atoms with Gasteiger partial charge in [-0.25, -0.2) is 15.0 Å². The molecule has 0 saturated heterocycles. The molecule has 0 unspecified atom stereocenters. The molecule has 3 aromatic rings. The van der Waals surface area contributed by atoms with Gasteiger partial charge < -0.3 is 10.4 Å². The third-order valence-corrected chi connectivity index (χ3v) is 3.41. The van der Waals surface area contributed by atoms with Gasteiger partial charge in [0.1, 0.15) is 11.5 Å². The van der Waals surface area contributed by atoms with E-state index in [4.69, 9.17) is 0 Å². The molecule has 3 heterocycles. The molecule has 5 nitrogen and oxygen atoms in total. The molecule has 0 spiro atoms. The first-order chi connectivity index (χ1) is 9.70. The zero-order valence-electron chi connectivity index (χ0n) is 10.7. The Morgan fingerprint density at radius 1 is 1.15 bits per heavy atom. The first-order valence-corrected chi connectivity index (χ1v) is 6.90. The summed E-state index contributed by atoms with van der Waals surface area (Å²) in [6, 6.07) is 8.98. The van der Waals surface area contributed by atoms with Gasteiger partial charge in [-0.2, -0.15) is 0 Å². The minimum absolute atomic E-state index is 0.00893. The minimum atomic E-state index is -0.00893. The van der Waals surface area contributed by atoms with E-state index in [1.165, 1.54) is 17.4 Å². The van der Waals surface area contributed by atoms with Crippen molar-refractivity contribution in [2.45, 2.75) is 6.92 Å². The van der Waals surface area contributed by atoms with Crippen LogP contribution in [0.4, 0.5) is 10.9 Å². The van der Waals surface area contributed by atoms with Crippen LogP contribution in [0.25, 0.3) is 11.4 Å². The molecule has 0 radical (unpaired) electrons. The Labute approximate surface area is 120 Å². The van der Waals surface area contributed by atoms with Crippen LogP contribution < -0.4 is 5.32 Å². The zero-order valence-corrected chi connectivity index (χ0v) is 11.6. The second kappa shape index (κ2) is 5.26. The molecule has 6 heteroatoms. The van der Waals surface area contributed by atoms with Crippen LogP contribution in [0.1, 0.15) is 5.56 Å². The maximum Gasteiger partial charge on any atom is 0.211 e. The van der Waals surface area contributed by atoms with E-state index >= 15 is 0 Å². The van der Waals surface area contributed by atoms with Gasteiger partial charge in [-0.15, -0.1) is 11.3 Å². The minimum Gasteiger partial charge on any atom is -0.493 e. The monoisotopic (exact) mass is 284 g/mol. The highest BCUT2D eigenvalue weighted by Crippen LogP contribution is 2.26. The molecule has 3 aromatic heterocycles. The van der Waals surface area contributed by atoms with Gasteiger partial charge in [0.25, 0.3) is 0 Å². The Balaban J connectivity index is 1.84. The number of thiazole rings is 1. The standard InChI is InChI=1S/C14H12N4OS/c1-9-5-6-15-12(7-9)18-14-17-11(8-20-14)10-3-2-4-13(19)16-10/h2-8H,1H3,(H,16,19)(H,15,17,18). The average molecular weight is 284 g/mol. The van der Waals surface area contributed by atoms with Gasteiger partial charge >= 0.3 is 0 Å². The number of rotatable bonds is 3. The van der Waals surface area contributed by atoms with Crippen LogP contribution in [0.15, 0.2) is 41.9 Å². The Morgan fingerprint density at radius 2 is 2.05 bits per heavy atom. The van der Waals surface area contributed by atoms with Crippen molar-refractivity contribution in [3.05, 3.63) is 47.5 Å². The summed E-state index contributed by atoms with van der Waals surface area (Å²) in [5.41, 5.74) is 2.50. The lowest BCUT2D eigenvalue weighted by atomic mass is 10.3. The smallest absolute Gasteiger partial charge is 0.211 e. The third kappa shape index (κ3) is 2.75. The molecule has 0 saturated carbocycles. The maximum absolute atomic E-state index is 9.39. The fourth-order valence-corrected chi connectivity index (χ4v) is 2.44. The van der Waals surface area contributed by atoms with Crippen molar-refractivity contribution in [3.8, 4) is 17.3 Å². The van der Waals surface area contributed by atoms with E-state index in [2.05, 4.69) is 20.3 Å². The predicted molar refractivity (Wildman–Crippen MR) is 79.3 cm³/mol. The van der Waals surface area contributed by atoms with E-state index in [1.54, 1.807) is 12.3 Å². The highest BCUT2D eigenvalue weighted by Gasteiger charge is 2.07. The number of pyridine rings is 2. The number of aryl methyl sites for hydroxylation is 1. The molecule has 20 heavy (non-hydrogen) atoms. The van der Waals surface area contributed by atoms with E-state index in [0.29, 0.717) is 5.69 Å². The molecule has 2 N–H and O–H groups in total. The molecular weight excluding hydrogens is 272 g/mol. The average Bonchev–Trinajstić information content (AvgIpc) is 2.87. The van der Waals surface area contributed by atoms with E-state index in [0.717, 1.165) is 22.2 Å². The summed E-state index contributed by atoms with van der Waals surface area (Å²) >= 11 is 1.47. The molecule has 0 bridgehead atoms. The molecule has 0 fully saturated rings. The lowest BCUT2D eigenvalue weighted by Crippen LogP contribution is -1.93. The second-order valence-electron chi connectivity index (χ2n) is 4.26. The Kier molecular flexibility index (Phi) is 3.30. The van der Waals surface area contributed by atoms with E-state index in [9.17, 15) is 5.11 Å². The summed E-state index contributed by atoms with van der Waals surface area (Å²) in [7, 11) is 0. The van der Waals surface area contributed by atoms with Crippen molar-refractivity contribution in [2.24, 2.45) is 0 Å². The van der Waals surface area contributed by atoms with Gasteiger partial charge in [0, 0.05) is 17.6 Å². The van der Waals surface area contributed by atoms with Gasteiger partial charge in [0.2, 0.25) is 5.88 Å². The first-order valence-electron chi connectivity index (χ1n) is 6.02. The van der Waals surface area contributed by atoms with E-state index in [-0.39, 0.29) is 5.88 Å². The Bertz CT molecular complexity index is 741. The van der Waals surface area contributed by atoms with Crippen LogP contribution in [0, 0.1) is 6.92 Å². The fraction of sp³-hybridized carbons (Fsp3) is 0.0714. The lowest BCUT2D eigenvalue weighted by Gasteiger charge is -2.01. The second-order valence-corrected chi connectivity index (χ2v) is 5.12. The number of nitrogens with zero attached hydrogens (tertiary/aromatic N) is 3. The quantitative estimate of drug-likeness (QED) is 0.771. The van der Waals surface area contributed by atoms with Crippen LogP contribution in [0.5, 0.6) is 5.88 Å². The van der Waals surface area contributed by atoms with Gasteiger partial charge in [0.05, 0.1) is 5.69 Å². The van der Waals surface area contributed by atoms with Crippen LogP contribution >= 0.6 is 11.3 Å². The molecule has 0 amide bonds. The number of aromatic hydroxyl groups is 1. The molecule has 3 rings (SSSR count). The lowest BCUT2D eigenvalue weighted by molar-refractivity contribution is 0.454. The topological polar surface area (TPSA) is 70.9 Å². The summed E-state index contributed by atoms with van der Waals surface area (Å²) in [5, 5.41) is 15.2. The summed E-state index contributed by atoms with van der Waals surface area (Å²) in [4.78, 5) is 12.7. The van der Waals surface area contributed by atoms with Gasteiger partial charge in [-0.05, 0) is 30.7 Å². The Morgan fingerprint density at radius 3 is 2.85 bits per heavy atom. The van der Waals surface area contributed by atoms with Gasteiger partial charge in [-0.3, -0.25) is 0 Å². The number of nitrogens with one attached hydrogen (secondary N) is 1. The largest absolute Gasteiger partial charge is 0.493 e. The summed E-state index contributed by atoms with van der Waals surface area (Å²) in [6.45, 7) is 2.01. The van der Waals surface area contributed by atoms with Crippen molar-refractivity contribution in [1.82, 2.24) is 15.0 Å². The number of anilines is 2. The molecule has 100 valence electrons. The number of hydrogen-bond donors (Lipinski definition) is 2. The van der Waals surface area contributed by atoms with E-state index in [1.807, 2.05) is 30.5 Å². The van der Waals surface area contributed by atoms with Crippen LogP contribution in [0.2, 0.25) is 0 Å². The van der Waals surface area contributed by atoms with Crippen molar-refractivity contribution < 1.29 is 5.11 Å². The van der Waals surface area contributed by atoms with Gasteiger partial charge in [-0.1, -0.05) is 6.07 Å². The molecule has 0 aliphatic rings. The molecular formula is C14H12N4OS. The Hall–Kier alpha value is -2.47. The summed E-state index contributed by atoms with van der Waals surface area (Å²) in [5.74, 6) is 0.750. The van der Waals surface area contributed by atoms with Crippen molar-refractivity contribution in [2.75, 3.05) is 5.32 Å². The van der Waals surface area contributed by atoms with Crippen molar-refractivity contribution >= 4 is 22.3 Å². The van der Waals surface area contributed by atoms with Crippen molar-refractivity contribution in [1.29, 1.82) is 0 Å². The van der Waals surface area contributed by atoms with Crippen LogP contribution in [0.3, 0.4) is 0 Å². The normalized spacial score (nSPS) is 10.4. The molecule has 0 atom stereocenters. The fourth-order valence-electron chi connectivity index (χ4n) is 1.73. The van der Waals surface area contributed by atoms with Crippen LogP contribution in [-0.2, 0) is 0 Å². The zero-order chi connectivity index (χ0) is 13.9. The van der Waals surface area contributed by atoms with Crippen LogP contribution in [-0.4, -0.2) is 20.1 Å². The van der Waals surface area contributed by atoms with Gasteiger partial charge in [0.15, 0.2) is 5.13 Å². The summed E-state index contributed by atoms with van der Waals surface area (Å²) < 4.78 is 0.